The van der Waals surface area contributed by atoms with Crippen LogP contribution in [0.2, 0.25) is 10.0 Å². The number of benzene rings is 4. The van der Waals surface area contributed by atoms with Gasteiger partial charge in [-0.3, -0.25) is 9.59 Å². The van der Waals surface area contributed by atoms with Crippen molar-refractivity contribution in [2.75, 3.05) is 0 Å². The number of carbonyl (C=O) groups is 2. The van der Waals surface area contributed by atoms with E-state index in [0.717, 1.165) is 21.9 Å². The maximum Gasteiger partial charge on any atom is 0.262 e. The fourth-order valence-electron chi connectivity index (χ4n) is 4.32. The summed E-state index contributed by atoms with van der Waals surface area (Å²) in [5.41, 5.74) is 4.36. The quantitative estimate of drug-likeness (QED) is 0.132. The van der Waals surface area contributed by atoms with Crippen molar-refractivity contribution in [1.29, 1.82) is 0 Å². The predicted molar refractivity (Wildman–Crippen MR) is 168 cm³/mol. The van der Waals surface area contributed by atoms with Crippen molar-refractivity contribution in [2.45, 2.75) is 45.9 Å². The number of hydrogen-bond acceptors (Lipinski definition) is 5. The second-order valence-corrected chi connectivity index (χ2v) is 11.1. The highest BCUT2D eigenvalue weighted by Gasteiger charge is 2.25. The fourth-order valence-corrected chi connectivity index (χ4v) is 4.77. The number of nitrogens with zero attached hydrogens (tertiary/aromatic N) is 1. The summed E-state index contributed by atoms with van der Waals surface area (Å²) in [6.45, 7) is 5.90. The molecule has 0 aromatic heterocycles. The van der Waals surface area contributed by atoms with Gasteiger partial charge in [0.2, 0.25) is 0 Å². The van der Waals surface area contributed by atoms with Gasteiger partial charge in [0.05, 0.1) is 11.2 Å². The number of amides is 2. The number of rotatable bonds is 12. The van der Waals surface area contributed by atoms with Gasteiger partial charge in [-0.1, -0.05) is 97.7 Å². The molecule has 4 aromatic carbocycles. The van der Waals surface area contributed by atoms with Crippen LogP contribution in [-0.2, 0) is 16.2 Å². The minimum Gasteiger partial charge on any atom is -0.488 e. The molecule has 2 N–H and O–H groups in total. The third-order valence-electron chi connectivity index (χ3n) is 6.44. The van der Waals surface area contributed by atoms with Gasteiger partial charge in [-0.2, -0.15) is 5.10 Å². The van der Waals surface area contributed by atoms with Crippen molar-refractivity contribution in [3.63, 3.8) is 0 Å². The van der Waals surface area contributed by atoms with Gasteiger partial charge in [-0.25, -0.2) is 5.43 Å². The summed E-state index contributed by atoms with van der Waals surface area (Å²) in [5, 5.41) is 9.72. The van der Waals surface area contributed by atoms with Crippen LogP contribution in [0.25, 0.3) is 10.8 Å². The monoisotopic (exact) mass is 605 g/mol. The first kappa shape index (κ1) is 30.9. The lowest BCUT2D eigenvalue weighted by Gasteiger charge is -2.22. The number of hydrazone groups is 1. The van der Waals surface area contributed by atoms with E-state index in [9.17, 15) is 9.59 Å². The molecule has 0 saturated carbocycles. The molecule has 4 rings (SSSR count). The highest BCUT2D eigenvalue weighted by molar-refractivity contribution is 6.35. The smallest absolute Gasteiger partial charge is 0.262 e. The lowest BCUT2D eigenvalue weighted by molar-refractivity contribution is -0.132. The van der Waals surface area contributed by atoms with Crippen LogP contribution in [0, 0.1) is 5.92 Å². The molecule has 0 radical (unpaired) electrons. The molecule has 2 amide bonds. The Kier molecular flexibility index (Phi) is 10.8. The van der Waals surface area contributed by atoms with Gasteiger partial charge in [-0.15, -0.1) is 0 Å². The minimum atomic E-state index is -0.908. The van der Waals surface area contributed by atoms with Gasteiger partial charge in [-0.05, 0) is 59.9 Å². The van der Waals surface area contributed by atoms with Gasteiger partial charge >= 0.3 is 0 Å². The van der Waals surface area contributed by atoms with Gasteiger partial charge in [0.25, 0.3) is 11.8 Å². The molecule has 7 nitrogen and oxygen atoms in total. The molecule has 0 aliphatic carbocycles. The van der Waals surface area contributed by atoms with Crippen LogP contribution in [-0.4, -0.2) is 30.2 Å². The first-order valence-electron chi connectivity index (χ1n) is 13.6. The molecule has 2 atom stereocenters. The highest BCUT2D eigenvalue weighted by Crippen LogP contribution is 2.29. The van der Waals surface area contributed by atoms with Crippen molar-refractivity contribution in [2.24, 2.45) is 11.0 Å². The molecule has 0 bridgehead atoms. The average Bonchev–Trinajstić information content (AvgIpc) is 2.97. The average molecular weight is 607 g/mol. The molecule has 0 saturated heterocycles. The van der Waals surface area contributed by atoms with E-state index in [1.165, 1.54) is 6.07 Å². The lowest BCUT2D eigenvalue weighted by atomic mass is 10.0. The molecule has 42 heavy (non-hydrogen) atoms. The standard InChI is InChI=1S/C33H33Cl2N3O4/c1-21(2)17-29(37-32(39)22(3)42-31-16-14-25(34)18-28(31)35)33(40)38-36-19-27-26-12-8-7-11-24(26)13-15-30(27)41-20-23-9-5-4-6-10-23/h4-16,18-19,21-22,29H,17,20H2,1-3H3,(H,37,39)(H,38,40)/b36-19-/t22-,29+/m1/s1. The van der Waals surface area contributed by atoms with Crippen LogP contribution in [0.1, 0.15) is 38.3 Å². The molecule has 0 unspecified atom stereocenters. The molecule has 218 valence electrons. The maximum absolute atomic E-state index is 13.2. The number of ether oxygens (including phenoxy) is 2. The molecule has 0 spiro atoms. The SMILES string of the molecule is CC(C)C[C@H](NC(=O)[C@@H](C)Oc1ccc(Cl)cc1Cl)C(=O)N/N=C\c1c(OCc2ccccc2)ccc2ccccc12. The van der Waals surface area contributed by atoms with Crippen molar-refractivity contribution in [3.8, 4) is 11.5 Å². The van der Waals surface area contributed by atoms with Gasteiger partial charge < -0.3 is 14.8 Å². The molecule has 4 aromatic rings. The van der Waals surface area contributed by atoms with E-state index in [0.29, 0.717) is 29.5 Å². The van der Waals surface area contributed by atoms with Gasteiger partial charge in [0.1, 0.15) is 24.1 Å². The summed E-state index contributed by atoms with van der Waals surface area (Å²) >= 11 is 12.1. The third-order valence-corrected chi connectivity index (χ3v) is 6.97. The topological polar surface area (TPSA) is 89.0 Å². The summed E-state index contributed by atoms with van der Waals surface area (Å²) in [5.74, 6) is 0.171. The van der Waals surface area contributed by atoms with Crippen molar-refractivity contribution >= 4 is 52.0 Å². The van der Waals surface area contributed by atoms with Crippen LogP contribution < -0.4 is 20.2 Å². The number of carbonyl (C=O) groups excluding carboxylic acids is 2. The van der Waals surface area contributed by atoms with E-state index < -0.39 is 24.0 Å². The van der Waals surface area contributed by atoms with Crippen LogP contribution in [0.5, 0.6) is 11.5 Å². The Morgan fingerprint density at radius 3 is 2.33 bits per heavy atom. The van der Waals surface area contributed by atoms with Crippen molar-refractivity contribution < 1.29 is 19.1 Å². The van der Waals surface area contributed by atoms with E-state index in [2.05, 4.69) is 15.8 Å². The summed E-state index contributed by atoms with van der Waals surface area (Å²) in [6, 6.07) is 25.5. The van der Waals surface area contributed by atoms with E-state index in [1.807, 2.05) is 80.6 Å². The zero-order valence-corrected chi connectivity index (χ0v) is 25.2. The predicted octanol–water partition coefficient (Wildman–Crippen LogP) is 7.17. The fraction of sp³-hybridized carbons (Fsp3) is 0.242. The van der Waals surface area contributed by atoms with E-state index in [-0.39, 0.29) is 10.9 Å². The first-order chi connectivity index (χ1) is 20.2. The Bertz CT molecular complexity index is 1560. The molecule has 0 aliphatic rings. The number of fused-ring (bicyclic) bond motifs is 1. The molecular formula is C33H33Cl2N3O4. The summed E-state index contributed by atoms with van der Waals surface area (Å²) in [4.78, 5) is 26.1. The summed E-state index contributed by atoms with van der Waals surface area (Å²) < 4.78 is 11.9. The van der Waals surface area contributed by atoms with Gasteiger partial charge in [0, 0.05) is 10.6 Å². The molecular weight excluding hydrogens is 573 g/mol. The van der Waals surface area contributed by atoms with Crippen molar-refractivity contribution in [3.05, 3.63) is 106 Å². The summed E-state index contributed by atoms with van der Waals surface area (Å²) in [7, 11) is 0. The second kappa shape index (κ2) is 14.7. The zero-order valence-electron chi connectivity index (χ0n) is 23.6. The molecule has 9 heteroatoms. The van der Waals surface area contributed by atoms with Crippen LogP contribution in [0.3, 0.4) is 0 Å². The van der Waals surface area contributed by atoms with Crippen LogP contribution >= 0.6 is 23.2 Å². The Balaban J connectivity index is 1.47. The van der Waals surface area contributed by atoms with Crippen LogP contribution in [0.15, 0.2) is 90.0 Å². The summed E-state index contributed by atoms with van der Waals surface area (Å²) in [6.07, 6.45) is 1.07. The zero-order chi connectivity index (χ0) is 30.1. The van der Waals surface area contributed by atoms with Crippen LogP contribution in [0.4, 0.5) is 0 Å². The van der Waals surface area contributed by atoms with Gasteiger partial charge in [0.15, 0.2) is 6.10 Å². The van der Waals surface area contributed by atoms with E-state index in [4.69, 9.17) is 32.7 Å². The largest absolute Gasteiger partial charge is 0.488 e. The number of hydrogen-bond donors (Lipinski definition) is 2. The molecule has 0 heterocycles. The highest BCUT2D eigenvalue weighted by atomic mass is 35.5. The second-order valence-electron chi connectivity index (χ2n) is 10.2. The normalized spacial score (nSPS) is 12.7. The Morgan fingerprint density at radius 2 is 1.60 bits per heavy atom. The number of halogens is 2. The Labute approximate surface area is 255 Å². The third kappa shape index (κ3) is 8.47. The number of nitrogens with one attached hydrogen (secondary N) is 2. The first-order valence-corrected chi connectivity index (χ1v) is 14.4. The molecule has 0 fully saturated rings. The Morgan fingerprint density at radius 1 is 0.881 bits per heavy atom. The lowest BCUT2D eigenvalue weighted by Crippen LogP contribution is -2.49. The Hall–Kier alpha value is -4.07. The minimum absolute atomic E-state index is 0.128. The van der Waals surface area contributed by atoms with E-state index in [1.54, 1.807) is 25.3 Å². The van der Waals surface area contributed by atoms with Crippen molar-refractivity contribution in [1.82, 2.24) is 10.7 Å². The molecule has 0 aliphatic heterocycles. The maximum atomic E-state index is 13.2. The van der Waals surface area contributed by atoms with E-state index >= 15 is 0 Å².